The molecule has 2 rings (SSSR count). The SMILES string of the molecule is COc1cccc(CN2C[C@H](OC)C[C@H]2CO)c1F. The number of methoxy groups -OCH3 is 2. The Hall–Kier alpha value is -1.17. The Morgan fingerprint density at radius 3 is 2.84 bits per heavy atom. The highest BCUT2D eigenvalue weighted by Crippen LogP contribution is 2.26. The molecule has 1 aromatic carbocycles. The fraction of sp³-hybridized carbons (Fsp3) is 0.571. The summed E-state index contributed by atoms with van der Waals surface area (Å²) in [6.45, 7) is 1.22. The van der Waals surface area contributed by atoms with Crippen LogP contribution >= 0.6 is 0 Å². The van der Waals surface area contributed by atoms with Crippen molar-refractivity contribution in [3.63, 3.8) is 0 Å². The van der Waals surface area contributed by atoms with Gasteiger partial charge in [-0.2, -0.15) is 0 Å². The Kier molecular flexibility index (Phi) is 4.74. The van der Waals surface area contributed by atoms with Crippen LogP contribution in [0.15, 0.2) is 18.2 Å². The molecule has 1 aliphatic heterocycles. The zero-order chi connectivity index (χ0) is 13.8. The highest BCUT2D eigenvalue weighted by atomic mass is 19.1. The lowest BCUT2D eigenvalue weighted by atomic mass is 10.1. The third-order valence-electron chi connectivity index (χ3n) is 3.67. The summed E-state index contributed by atoms with van der Waals surface area (Å²) >= 11 is 0. The van der Waals surface area contributed by atoms with Gasteiger partial charge in [-0.3, -0.25) is 4.90 Å². The van der Waals surface area contributed by atoms with E-state index in [1.54, 1.807) is 25.3 Å². The first-order chi connectivity index (χ1) is 9.19. The van der Waals surface area contributed by atoms with Gasteiger partial charge in [-0.1, -0.05) is 12.1 Å². The van der Waals surface area contributed by atoms with E-state index in [2.05, 4.69) is 0 Å². The third kappa shape index (κ3) is 3.05. The third-order valence-corrected chi connectivity index (χ3v) is 3.67. The van der Waals surface area contributed by atoms with Crippen LogP contribution in [0, 0.1) is 5.82 Å². The predicted octanol–water partition coefficient (Wildman–Crippen LogP) is 1.42. The minimum absolute atomic E-state index is 0.0237. The highest BCUT2D eigenvalue weighted by Gasteiger charge is 2.32. The van der Waals surface area contributed by atoms with Gasteiger partial charge >= 0.3 is 0 Å². The largest absolute Gasteiger partial charge is 0.494 e. The summed E-state index contributed by atoms with van der Waals surface area (Å²) < 4.78 is 24.4. The average Bonchev–Trinajstić information content (AvgIpc) is 2.83. The number of halogens is 1. The standard InChI is InChI=1S/C14H20FNO3/c1-18-12-6-11(9-17)16(8-12)7-10-4-3-5-13(19-2)14(10)15/h3-5,11-12,17H,6-9H2,1-2H3/t11-,12+/m0/s1. The summed E-state index contributed by atoms with van der Waals surface area (Å²) in [6.07, 6.45) is 0.879. The number of aliphatic hydroxyl groups is 1. The quantitative estimate of drug-likeness (QED) is 0.877. The molecule has 1 aromatic rings. The van der Waals surface area contributed by atoms with Crippen LogP contribution < -0.4 is 4.74 Å². The molecular formula is C14H20FNO3. The number of rotatable bonds is 5. The summed E-state index contributed by atoms with van der Waals surface area (Å²) in [5, 5.41) is 9.38. The maximum Gasteiger partial charge on any atom is 0.169 e. The zero-order valence-electron chi connectivity index (χ0n) is 11.3. The van der Waals surface area contributed by atoms with E-state index in [0.717, 1.165) is 6.42 Å². The van der Waals surface area contributed by atoms with Crippen LogP contribution in [-0.2, 0) is 11.3 Å². The maximum atomic E-state index is 14.1. The van der Waals surface area contributed by atoms with E-state index in [0.29, 0.717) is 18.7 Å². The van der Waals surface area contributed by atoms with Crippen molar-refractivity contribution >= 4 is 0 Å². The first-order valence-electron chi connectivity index (χ1n) is 6.38. The molecule has 0 radical (unpaired) electrons. The van der Waals surface area contributed by atoms with Crippen molar-refractivity contribution in [2.24, 2.45) is 0 Å². The molecule has 0 unspecified atom stereocenters. The Morgan fingerprint density at radius 2 is 2.21 bits per heavy atom. The molecule has 0 spiro atoms. The van der Waals surface area contributed by atoms with E-state index in [9.17, 15) is 9.50 Å². The van der Waals surface area contributed by atoms with Crippen molar-refractivity contribution in [2.45, 2.75) is 25.1 Å². The van der Waals surface area contributed by atoms with Gasteiger partial charge in [0, 0.05) is 31.8 Å². The smallest absolute Gasteiger partial charge is 0.169 e. The van der Waals surface area contributed by atoms with Crippen molar-refractivity contribution < 1.29 is 19.0 Å². The predicted molar refractivity (Wildman–Crippen MR) is 69.6 cm³/mol. The minimum atomic E-state index is -0.331. The molecule has 106 valence electrons. The minimum Gasteiger partial charge on any atom is -0.494 e. The van der Waals surface area contributed by atoms with E-state index in [1.165, 1.54) is 7.11 Å². The molecule has 0 bridgehead atoms. The zero-order valence-corrected chi connectivity index (χ0v) is 11.3. The van der Waals surface area contributed by atoms with Gasteiger partial charge in [-0.05, 0) is 12.5 Å². The Bertz CT molecular complexity index is 427. The molecule has 5 heteroatoms. The van der Waals surface area contributed by atoms with Crippen molar-refractivity contribution in [1.82, 2.24) is 4.90 Å². The second-order valence-electron chi connectivity index (χ2n) is 4.79. The lowest BCUT2D eigenvalue weighted by Crippen LogP contribution is -2.32. The molecule has 2 atom stereocenters. The maximum absolute atomic E-state index is 14.1. The summed E-state index contributed by atoms with van der Waals surface area (Å²) in [4.78, 5) is 2.05. The molecule has 0 amide bonds. The second-order valence-corrected chi connectivity index (χ2v) is 4.79. The van der Waals surface area contributed by atoms with E-state index < -0.39 is 0 Å². The first kappa shape index (κ1) is 14.2. The monoisotopic (exact) mass is 269 g/mol. The molecule has 1 aliphatic rings. The molecule has 4 nitrogen and oxygen atoms in total. The molecule has 0 aromatic heterocycles. The summed E-state index contributed by atoms with van der Waals surface area (Å²) in [5.74, 6) is -0.0805. The number of aliphatic hydroxyl groups excluding tert-OH is 1. The van der Waals surface area contributed by atoms with Crippen LogP contribution in [0.4, 0.5) is 4.39 Å². The van der Waals surface area contributed by atoms with E-state index in [-0.39, 0.29) is 30.3 Å². The molecule has 19 heavy (non-hydrogen) atoms. The molecule has 0 saturated carbocycles. The number of benzene rings is 1. The first-order valence-corrected chi connectivity index (χ1v) is 6.38. The summed E-state index contributed by atoms with van der Waals surface area (Å²) in [5.41, 5.74) is 0.578. The van der Waals surface area contributed by atoms with Crippen LogP contribution in [-0.4, -0.2) is 49.5 Å². The summed E-state index contributed by atoms with van der Waals surface area (Å²) in [7, 11) is 3.12. The molecule has 1 fully saturated rings. The fourth-order valence-corrected chi connectivity index (χ4v) is 2.55. The number of ether oxygens (including phenoxy) is 2. The van der Waals surface area contributed by atoms with Gasteiger partial charge in [0.2, 0.25) is 0 Å². The lowest BCUT2D eigenvalue weighted by molar-refractivity contribution is 0.107. The molecule has 0 aliphatic carbocycles. The fourth-order valence-electron chi connectivity index (χ4n) is 2.55. The molecule has 1 heterocycles. The number of hydrogen-bond donors (Lipinski definition) is 1. The number of likely N-dealkylation sites (tertiary alicyclic amines) is 1. The van der Waals surface area contributed by atoms with Gasteiger partial charge in [-0.15, -0.1) is 0 Å². The van der Waals surface area contributed by atoms with E-state index >= 15 is 0 Å². The van der Waals surface area contributed by atoms with E-state index in [1.807, 2.05) is 4.90 Å². The lowest BCUT2D eigenvalue weighted by Gasteiger charge is -2.22. The van der Waals surface area contributed by atoms with Crippen molar-refractivity contribution in [3.05, 3.63) is 29.6 Å². The van der Waals surface area contributed by atoms with Crippen LogP contribution in [0.2, 0.25) is 0 Å². The van der Waals surface area contributed by atoms with Crippen LogP contribution in [0.1, 0.15) is 12.0 Å². The van der Waals surface area contributed by atoms with Crippen LogP contribution in [0.25, 0.3) is 0 Å². The normalized spacial score (nSPS) is 23.8. The molecule has 1 N–H and O–H groups in total. The van der Waals surface area contributed by atoms with Crippen molar-refractivity contribution in [2.75, 3.05) is 27.4 Å². The van der Waals surface area contributed by atoms with Crippen LogP contribution in [0.3, 0.4) is 0 Å². The van der Waals surface area contributed by atoms with Gasteiger partial charge in [0.25, 0.3) is 0 Å². The second kappa shape index (κ2) is 6.32. The van der Waals surface area contributed by atoms with Gasteiger partial charge in [0.15, 0.2) is 11.6 Å². The number of hydrogen-bond acceptors (Lipinski definition) is 4. The van der Waals surface area contributed by atoms with Crippen molar-refractivity contribution in [3.8, 4) is 5.75 Å². The Balaban J connectivity index is 2.12. The van der Waals surface area contributed by atoms with Crippen LogP contribution in [0.5, 0.6) is 5.75 Å². The average molecular weight is 269 g/mol. The summed E-state index contributed by atoms with van der Waals surface area (Å²) in [6, 6.07) is 5.14. The Morgan fingerprint density at radius 1 is 1.42 bits per heavy atom. The topological polar surface area (TPSA) is 41.9 Å². The van der Waals surface area contributed by atoms with Gasteiger partial charge in [0.05, 0.1) is 19.8 Å². The molecular weight excluding hydrogens is 249 g/mol. The van der Waals surface area contributed by atoms with Crippen molar-refractivity contribution in [1.29, 1.82) is 0 Å². The van der Waals surface area contributed by atoms with Gasteiger partial charge < -0.3 is 14.6 Å². The van der Waals surface area contributed by atoms with E-state index in [4.69, 9.17) is 9.47 Å². The molecule has 1 saturated heterocycles. The highest BCUT2D eigenvalue weighted by molar-refractivity contribution is 5.31. The van der Waals surface area contributed by atoms with Gasteiger partial charge in [-0.25, -0.2) is 4.39 Å². The van der Waals surface area contributed by atoms with Gasteiger partial charge in [0.1, 0.15) is 0 Å². The number of nitrogens with zero attached hydrogens (tertiary/aromatic N) is 1. The Labute approximate surface area is 112 Å².